The van der Waals surface area contributed by atoms with E-state index in [4.69, 9.17) is 28.6 Å². The number of hydrogen-bond donors (Lipinski definition) is 2. The Hall–Kier alpha value is -3.08. The predicted octanol–water partition coefficient (Wildman–Crippen LogP) is 4.02. The van der Waals surface area contributed by atoms with Crippen LogP contribution in [0.2, 0.25) is 5.02 Å². The van der Waals surface area contributed by atoms with Gasteiger partial charge in [0.1, 0.15) is 10.8 Å². The van der Waals surface area contributed by atoms with E-state index in [9.17, 15) is 4.79 Å². The van der Waals surface area contributed by atoms with E-state index in [1.165, 1.54) is 11.3 Å². The molecule has 0 unspecified atom stereocenters. The van der Waals surface area contributed by atoms with Gasteiger partial charge < -0.3 is 10.1 Å². The summed E-state index contributed by atoms with van der Waals surface area (Å²) in [6, 6.07) is 12.8. The first-order valence-corrected chi connectivity index (χ1v) is 11.3. The molecule has 0 bridgehead atoms. The van der Waals surface area contributed by atoms with Crippen molar-refractivity contribution in [3.8, 4) is 16.3 Å². The van der Waals surface area contributed by atoms with Crippen LogP contribution in [0.15, 0.2) is 42.5 Å². The van der Waals surface area contributed by atoms with Gasteiger partial charge in [-0.3, -0.25) is 10.1 Å². The van der Waals surface area contributed by atoms with Gasteiger partial charge in [-0.2, -0.15) is 9.61 Å². The molecule has 164 valence electrons. The van der Waals surface area contributed by atoms with Crippen LogP contribution in [0.3, 0.4) is 0 Å². The van der Waals surface area contributed by atoms with Crippen LogP contribution in [0, 0.1) is 6.92 Å². The second-order valence-electron chi connectivity index (χ2n) is 6.76. The number of amides is 1. The zero-order chi connectivity index (χ0) is 22.7. The van der Waals surface area contributed by atoms with Gasteiger partial charge in [0.2, 0.25) is 4.96 Å². The standard InChI is InChI=1S/C21H19ClN6O2S2/c1-3-30-17-9-8-15(10-16(17)22)18(29)24-20(31)23-11-13-4-6-14(7-5-13)19-27-28-12(2)25-26-21(28)32-19/h4-10H,3,11H2,1-2H3,(H2,23,24,29,31). The smallest absolute Gasteiger partial charge is 0.257 e. The van der Waals surface area contributed by atoms with Crippen LogP contribution in [0.1, 0.15) is 28.7 Å². The van der Waals surface area contributed by atoms with Crippen molar-refractivity contribution in [1.82, 2.24) is 30.4 Å². The van der Waals surface area contributed by atoms with Crippen LogP contribution in [0.25, 0.3) is 15.5 Å². The number of rotatable bonds is 6. The van der Waals surface area contributed by atoms with Crippen molar-refractivity contribution in [2.75, 3.05) is 6.61 Å². The van der Waals surface area contributed by atoms with Crippen molar-refractivity contribution < 1.29 is 9.53 Å². The molecule has 0 aliphatic heterocycles. The lowest BCUT2D eigenvalue weighted by Crippen LogP contribution is -2.38. The number of aromatic nitrogens is 4. The zero-order valence-electron chi connectivity index (χ0n) is 17.3. The molecule has 32 heavy (non-hydrogen) atoms. The third kappa shape index (κ3) is 4.87. The second kappa shape index (κ2) is 9.60. The maximum absolute atomic E-state index is 12.4. The molecule has 0 aliphatic rings. The van der Waals surface area contributed by atoms with E-state index in [0.717, 1.165) is 26.9 Å². The number of hydrogen-bond acceptors (Lipinski definition) is 7. The van der Waals surface area contributed by atoms with Crippen LogP contribution < -0.4 is 15.4 Å². The number of thiocarbonyl (C=S) groups is 1. The molecule has 4 aromatic rings. The molecular formula is C21H19ClN6O2S2. The van der Waals surface area contributed by atoms with E-state index in [0.29, 0.717) is 29.5 Å². The Bertz CT molecular complexity index is 1290. The summed E-state index contributed by atoms with van der Waals surface area (Å²) in [5.41, 5.74) is 2.40. The number of ether oxygens (including phenoxy) is 1. The van der Waals surface area contributed by atoms with Gasteiger partial charge in [0.15, 0.2) is 10.9 Å². The first kappa shape index (κ1) is 22.1. The van der Waals surface area contributed by atoms with Gasteiger partial charge in [-0.15, -0.1) is 10.2 Å². The largest absolute Gasteiger partial charge is 0.492 e. The molecular weight excluding hydrogens is 468 g/mol. The number of carbonyl (C=O) groups excluding carboxylic acids is 1. The van der Waals surface area contributed by atoms with Crippen molar-refractivity contribution in [2.24, 2.45) is 0 Å². The van der Waals surface area contributed by atoms with Gasteiger partial charge in [0.05, 0.1) is 11.6 Å². The average Bonchev–Trinajstić information content (AvgIpc) is 3.36. The number of halogens is 1. The zero-order valence-corrected chi connectivity index (χ0v) is 19.6. The highest BCUT2D eigenvalue weighted by Crippen LogP contribution is 2.26. The summed E-state index contributed by atoms with van der Waals surface area (Å²) in [7, 11) is 0. The number of carbonyl (C=O) groups is 1. The number of aryl methyl sites for hydroxylation is 1. The van der Waals surface area contributed by atoms with Gasteiger partial charge >= 0.3 is 0 Å². The number of fused-ring (bicyclic) bond motifs is 1. The quantitative estimate of drug-likeness (QED) is 0.397. The fraction of sp³-hybridized carbons (Fsp3) is 0.190. The lowest BCUT2D eigenvalue weighted by Gasteiger charge is -2.11. The number of nitrogens with one attached hydrogen (secondary N) is 2. The minimum absolute atomic E-state index is 0.230. The summed E-state index contributed by atoms with van der Waals surface area (Å²) in [4.78, 5) is 13.2. The van der Waals surface area contributed by atoms with E-state index in [-0.39, 0.29) is 11.0 Å². The molecule has 2 heterocycles. The Morgan fingerprint density at radius 2 is 2.00 bits per heavy atom. The molecule has 0 radical (unpaired) electrons. The molecule has 0 saturated heterocycles. The highest BCUT2D eigenvalue weighted by atomic mass is 35.5. The molecule has 0 aliphatic carbocycles. The lowest BCUT2D eigenvalue weighted by molar-refractivity contribution is 0.0976. The number of benzene rings is 2. The number of nitrogens with zero attached hydrogens (tertiary/aromatic N) is 4. The Morgan fingerprint density at radius 1 is 1.22 bits per heavy atom. The monoisotopic (exact) mass is 486 g/mol. The molecule has 0 atom stereocenters. The van der Waals surface area contributed by atoms with Crippen LogP contribution in [-0.4, -0.2) is 37.4 Å². The summed E-state index contributed by atoms with van der Waals surface area (Å²) >= 11 is 12.9. The highest BCUT2D eigenvalue weighted by Gasteiger charge is 2.12. The predicted molar refractivity (Wildman–Crippen MR) is 128 cm³/mol. The molecule has 0 fully saturated rings. The summed E-state index contributed by atoms with van der Waals surface area (Å²) in [5, 5.41) is 19.8. The Labute approximate surface area is 198 Å². The van der Waals surface area contributed by atoms with Gasteiger partial charge in [-0.05, 0) is 49.8 Å². The third-order valence-electron chi connectivity index (χ3n) is 4.52. The second-order valence-corrected chi connectivity index (χ2v) is 8.53. The van der Waals surface area contributed by atoms with Crippen LogP contribution in [0.5, 0.6) is 5.75 Å². The minimum Gasteiger partial charge on any atom is -0.492 e. The summed E-state index contributed by atoms with van der Waals surface area (Å²) in [6.07, 6.45) is 0. The van der Waals surface area contributed by atoms with Crippen molar-refractivity contribution in [1.29, 1.82) is 0 Å². The molecule has 0 spiro atoms. The van der Waals surface area contributed by atoms with Crippen molar-refractivity contribution in [2.45, 2.75) is 20.4 Å². The van der Waals surface area contributed by atoms with E-state index >= 15 is 0 Å². The van der Waals surface area contributed by atoms with Gasteiger partial charge in [-0.25, -0.2) is 0 Å². The molecule has 2 aromatic heterocycles. The molecule has 8 nitrogen and oxygen atoms in total. The van der Waals surface area contributed by atoms with Crippen LogP contribution >= 0.6 is 35.2 Å². The molecule has 11 heteroatoms. The fourth-order valence-corrected chi connectivity index (χ4v) is 4.20. The van der Waals surface area contributed by atoms with E-state index in [1.54, 1.807) is 22.7 Å². The van der Waals surface area contributed by atoms with Gasteiger partial charge in [0.25, 0.3) is 5.91 Å². The van der Waals surface area contributed by atoms with Crippen molar-refractivity contribution >= 4 is 51.1 Å². The van der Waals surface area contributed by atoms with Crippen LogP contribution in [0.4, 0.5) is 0 Å². The summed E-state index contributed by atoms with van der Waals surface area (Å²) < 4.78 is 7.11. The third-order valence-corrected chi connectivity index (χ3v) is 6.01. The maximum Gasteiger partial charge on any atom is 0.257 e. The fourth-order valence-electron chi connectivity index (χ4n) is 2.91. The maximum atomic E-state index is 12.4. The minimum atomic E-state index is -0.346. The molecule has 0 saturated carbocycles. The highest BCUT2D eigenvalue weighted by molar-refractivity contribution is 7.80. The van der Waals surface area contributed by atoms with Gasteiger partial charge in [-0.1, -0.05) is 47.2 Å². The topological polar surface area (TPSA) is 93.4 Å². The Kier molecular flexibility index (Phi) is 6.63. The van der Waals surface area contributed by atoms with Crippen LogP contribution in [-0.2, 0) is 6.54 Å². The Balaban J connectivity index is 1.32. The molecule has 2 N–H and O–H groups in total. The summed E-state index contributed by atoms with van der Waals surface area (Å²) in [5.74, 6) is 0.946. The first-order valence-electron chi connectivity index (χ1n) is 9.74. The van der Waals surface area contributed by atoms with Crippen molar-refractivity contribution in [3.05, 3.63) is 64.4 Å². The van der Waals surface area contributed by atoms with E-state index in [1.807, 2.05) is 38.1 Å². The first-order chi connectivity index (χ1) is 15.4. The van der Waals surface area contributed by atoms with Crippen molar-refractivity contribution in [3.63, 3.8) is 0 Å². The molecule has 1 amide bonds. The van der Waals surface area contributed by atoms with E-state index in [2.05, 4.69) is 25.9 Å². The van der Waals surface area contributed by atoms with E-state index < -0.39 is 0 Å². The SMILES string of the molecule is CCOc1ccc(C(=O)NC(=S)NCc2ccc(-c3nn4c(C)nnc4s3)cc2)cc1Cl. The lowest BCUT2D eigenvalue weighted by atomic mass is 10.1. The molecule has 4 rings (SSSR count). The average molecular weight is 487 g/mol. The van der Waals surface area contributed by atoms with Gasteiger partial charge in [0, 0.05) is 17.7 Å². The Morgan fingerprint density at radius 3 is 2.69 bits per heavy atom. The molecule has 2 aromatic carbocycles. The normalized spacial score (nSPS) is 10.8. The summed E-state index contributed by atoms with van der Waals surface area (Å²) in [6.45, 7) is 4.69.